The molecule has 0 amide bonds. The highest BCUT2D eigenvalue weighted by Gasteiger charge is 2.24. The monoisotopic (exact) mass is 192 g/mol. The van der Waals surface area contributed by atoms with Crippen molar-refractivity contribution in [3.63, 3.8) is 0 Å². The molecular weight excluding hydrogens is 172 g/mol. The zero-order chi connectivity index (χ0) is 10.2. The van der Waals surface area contributed by atoms with Crippen LogP contribution >= 0.6 is 0 Å². The molecule has 1 nitrogen and oxygen atoms in total. The minimum atomic E-state index is 0.269. The van der Waals surface area contributed by atoms with E-state index in [1.165, 1.54) is 24.2 Å². The smallest absolute Gasteiger partial charge is 0.1000 e. The van der Waals surface area contributed by atoms with E-state index < -0.39 is 0 Å². The quantitative estimate of drug-likeness (QED) is 0.663. The maximum Gasteiger partial charge on any atom is 0.1000 e. The first-order valence-electron chi connectivity index (χ1n) is 5.60. The molecule has 0 heterocycles. The van der Waals surface area contributed by atoms with Gasteiger partial charge in [0.05, 0.1) is 12.4 Å². The van der Waals surface area contributed by atoms with Gasteiger partial charge in [-0.05, 0) is 35.8 Å². The van der Waals surface area contributed by atoms with Crippen molar-refractivity contribution in [1.82, 2.24) is 0 Å². The molecule has 2 aliphatic rings. The average Bonchev–Trinajstić information content (AvgIpc) is 2.77. The van der Waals surface area contributed by atoms with Crippen LogP contribution in [-0.2, 0) is 4.74 Å². The Morgan fingerprint density at radius 1 is 1.36 bits per heavy atom. The van der Waals surface area contributed by atoms with Crippen molar-refractivity contribution >= 4 is 0 Å². The Hall–Kier alpha value is -0.720. The Kier molecular flexibility index (Phi) is 2.42. The van der Waals surface area contributed by atoms with Gasteiger partial charge in [0.1, 0.15) is 0 Å². The van der Waals surface area contributed by atoms with Crippen LogP contribution in [0.5, 0.6) is 0 Å². The van der Waals surface area contributed by atoms with Gasteiger partial charge in [-0.3, -0.25) is 0 Å². The maximum absolute atomic E-state index is 5.76. The Bertz CT molecular complexity index is 274. The second-order valence-corrected chi connectivity index (χ2v) is 5.48. The molecule has 0 aromatic rings. The van der Waals surface area contributed by atoms with Gasteiger partial charge in [0.25, 0.3) is 0 Å². The molecule has 0 radical (unpaired) electrons. The second-order valence-electron chi connectivity index (χ2n) is 5.48. The molecule has 2 aliphatic carbocycles. The molecule has 2 rings (SSSR count). The molecule has 1 fully saturated rings. The van der Waals surface area contributed by atoms with Crippen molar-refractivity contribution < 1.29 is 4.74 Å². The lowest BCUT2D eigenvalue weighted by molar-refractivity contribution is 0.196. The topological polar surface area (TPSA) is 9.23 Å². The summed E-state index contributed by atoms with van der Waals surface area (Å²) in [5.74, 6) is 2.02. The van der Waals surface area contributed by atoms with Crippen molar-refractivity contribution in [3.05, 3.63) is 23.5 Å². The summed E-state index contributed by atoms with van der Waals surface area (Å²) in [7, 11) is 0. The lowest BCUT2D eigenvalue weighted by atomic mass is 9.87. The third kappa shape index (κ3) is 2.40. The first-order chi connectivity index (χ1) is 6.55. The highest BCUT2D eigenvalue weighted by molar-refractivity contribution is 5.33. The van der Waals surface area contributed by atoms with Gasteiger partial charge >= 0.3 is 0 Å². The SMILES string of the molecule is CC(C)(C)C1=CCC(OCC2CC2)=C1. The van der Waals surface area contributed by atoms with Gasteiger partial charge in [0, 0.05) is 6.42 Å². The summed E-state index contributed by atoms with van der Waals surface area (Å²) in [5, 5.41) is 0. The van der Waals surface area contributed by atoms with Gasteiger partial charge in [-0.1, -0.05) is 26.8 Å². The van der Waals surface area contributed by atoms with E-state index in [9.17, 15) is 0 Å². The summed E-state index contributed by atoms with van der Waals surface area (Å²) in [6.45, 7) is 7.69. The fraction of sp³-hybridized carbons (Fsp3) is 0.692. The van der Waals surface area contributed by atoms with E-state index in [4.69, 9.17) is 4.74 Å². The Morgan fingerprint density at radius 2 is 2.07 bits per heavy atom. The van der Waals surface area contributed by atoms with Crippen molar-refractivity contribution in [1.29, 1.82) is 0 Å². The minimum Gasteiger partial charge on any atom is -0.497 e. The molecule has 14 heavy (non-hydrogen) atoms. The number of hydrogen-bond acceptors (Lipinski definition) is 1. The van der Waals surface area contributed by atoms with E-state index in [0.717, 1.165) is 18.9 Å². The summed E-state index contributed by atoms with van der Waals surface area (Å²) in [5.41, 5.74) is 1.69. The van der Waals surface area contributed by atoms with E-state index in [-0.39, 0.29) is 5.41 Å². The average molecular weight is 192 g/mol. The summed E-state index contributed by atoms with van der Waals surface area (Å²) in [6.07, 6.45) is 8.25. The molecule has 0 aromatic heterocycles. The molecule has 0 aliphatic heterocycles. The molecule has 0 atom stereocenters. The van der Waals surface area contributed by atoms with Gasteiger partial charge < -0.3 is 4.74 Å². The predicted molar refractivity (Wildman–Crippen MR) is 58.9 cm³/mol. The number of ether oxygens (including phenoxy) is 1. The second kappa shape index (κ2) is 3.45. The van der Waals surface area contributed by atoms with Crippen molar-refractivity contribution in [2.24, 2.45) is 11.3 Å². The van der Waals surface area contributed by atoms with E-state index in [0.29, 0.717) is 0 Å². The van der Waals surface area contributed by atoms with Crippen LogP contribution in [0, 0.1) is 11.3 Å². The van der Waals surface area contributed by atoms with E-state index >= 15 is 0 Å². The van der Waals surface area contributed by atoms with Crippen molar-refractivity contribution in [2.75, 3.05) is 6.61 Å². The lowest BCUT2D eigenvalue weighted by Crippen LogP contribution is -2.06. The molecule has 1 saturated carbocycles. The normalized spacial score (nSPS) is 21.9. The molecule has 78 valence electrons. The third-order valence-electron chi connectivity index (χ3n) is 2.91. The van der Waals surface area contributed by atoms with E-state index in [1.54, 1.807) is 0 Å². The summed E-state index contributed by atoms with van der Waals surface area (Å²) >= 11 is 0. The van der Waals surface area contributed by atoms with Crippen LogP contribution in [0.3, 0.4) is 0 Å². The number of rotatable bonds is 3. The van der Waals surface area contributed by atoms with Gasteiger partial charge in [0.2, 0.25) is 0 Å². The van der Waals surface area contributed by atoms with Crippen LogP contribution in [-0.4, -0.2) is 6.61 Å². The number of allylic oxidation sites excluding steroid dienone is 3. The summed E-state index contributed by atoms with van der Waals surface area (Å²) in [4.78, 5) is 0. The van der Waals surface area contributed by atoms with Crippen molar-refractivity contribution in [3.8, 4) is 0 Å². The molecule has 0 aromatic carbocycles. The number of hydrogen-bond donors (Lipinski definition) is 0. The highest BCUT2D eigenvalue weighted by atomic mass is 16.5. The van der Waals surface area contributed by atoms with Gasteiger partial charge in [-0.15, -0.1) is 0 Å². The molecule has 0 saturated heterocycles. The van der Waals surface area contributed by atoms with Crippen LogP contribution in [0.15, 0.2) is 23.5 Å². The maximum atomic E-state index is 5.76. The fourth-order valence-electron chi connectivity index (χ4n) is 1.63. The van der Waals surface area contributed by atoms with Crippen LogP contribution < -0.4 is 0 Å². The first kappa shape index (κ1) is 9.82. The predicted octanol–water partition coefficient (Wildman–Crippen LogP) is 3.67. The van der Waals surface area contributed by atoms with Gasteiger partial charge in [-0.25, -0.2) is 0 Å². The Morgan fingerprint density at radius 3 is 2.57 bits per heavy atom. The fourth-order valence-corrected chi connectivity index (χ4v) is 1.63. The summed E-state index contributed by atoms with van der Waals surface area (Å²) < 4.78 is 5.76. The molecule has 1 heteroatoms. The molecule has 0 spiro atoms. The van der Waals surface area contributed by atoms with Crippen LogP contribution in [0.25, 0.3) is 0 Å². The van der Waals surface area contributed by atoms with Gasteiger partial charge in [0.15, 0.2) is 0 Å². The lowest BCUT2D eigenvalue weighted by Gasteiger charge is -2.18. The zero-order valence-corrected chi connectivity index (χ0v) is 9.47. The minimum absolute atomic E-state index is 0.269. The molecular formula is C13H20O. The molecule has 0 N–H and O–H groups in total. The van der Waals surface area contributed by atoms with Crippen LogP contribution in [0.1, 0.15) is 40.0 Å². The van der Waals surface area contributed by atoms with Gasteiger partial charge in [-0.2, -0.15) is 0 Å². The third-order valence-corrected chi connectivity index (χ3v) is 2.91. The Labute approximate surface area is 86.8 Å². The van der Waals surface area contributed by atoms with E-state index in [1.807, 2.05) is 0 Å². The zero-order valence-electron chi connectivity index (χ0n) is 9.47. The standard InChI is InChI=1S/C13H20O/c1-13(2,3)11-6-7-12(8-11)14-9-10-4-5-10/h6,8,10H,4-5,7,9H2,1-3H3. The Balaban J connectivity index is 1.85. The molecule has 0 bridgehead atoms. The first-order valence-corrected chi connectivity index (χ1v) is 5.60. The van der Waals surface area contributed by atoms with Crippen LogP contribution in [0.2, 0.25) is 0 Å². The largest absolute Gasteiger partial charge is 0.497 e. The van der Waals surface area contributed by atoms with Crippen LogP contribution in [0.4, 0.5) is 0 Å². The highest BCUT2D eigenvalue weighted by Crippen LogP contribution is 2.34. The van der Waals surface area contributed by atoms with E-state index in [2.05, 4.69) is 32.9 Å². The van der Waals surface area contributed by atoms with Crippen molar-refractivity contribution in [2.45, 2.75) is 40.0 Å². The molecule has 0 unspecified atom stereocenters. The summed E-state index contributed by atoms with van der Waals surface area (Å²) in [6, 6.07) is 0.